The van der Waals surface area contributed by atoms with Crippen LogP contribution in [0.1, 0.15) is 5.82 Å². The van der Waals surface area contributed by atoms with Gasteiger partial charge in [0.05, 0.1) is 17.6 Å². The van der Waals surface area contributed by atoms with Gasteiger partial charge in [0.1, 0.15) is 12.2 Å². The molecule has 0 fully saturated rings. The van der Waals surface area contributed by atoms with Crippen molar-refractivity contribution in [2.75, 3.05) is 5.73 Å². The molecule has 0 spiro atoms. The van der Waals surface area contributed by atoms with E-state index < -0.39 is 0 Å². The van der Waals surface area contributed by atoms with Crippen LogP contribution in [0.15, 0.2) is 29.7 Å². The quantitative estimate of drug-likeness (QED) is 0.785. The third-order valence-corrected chi connectivity index (χ3v) is 3.06. The molecule has 0 aromatic carbocycles. The lowest BCUT2D eigenvalue weighted by Gasteiger charge is -2.03. The second kappa shape index (κ2) is 4.31. The lowest BCUT2D eigenvalue weighted by Crippen LogP contribution is -1.98. The Kier molecular flexibility index (Phi) is 2.86. The van der Waals surface area contributed by atoms with Crippen LogP contribution in [-0.4, -0.2) is 19.7 Å². The maximum absolute atomic E-state index is 5.77. The van der Waals surface area contributed by atoms with Crippen LogP contribution in [0, 0.1) is 0 Å². The Hall–Kier alpha value is -1.56. The van der Waals surface area contributed by atoms with Gasteiger partial charge in [0.25, 0.3) is 0 Å². The zero-order valence-electron chi connectivity index (χ0n) is 8.29. The fourth-order valence-corrected chi connectivity index (χ4v) is 2.04. The predicted molar refractivity (Wildman–Crippen MR) is 59.2 cm³/mol. The lowest BCUT2D eigenvalue weighted by molar-refractivity contribution is 0.730. The number of anilines is 1. The van der Waals surface area contributed by atoms with Gasteiger partial charge in [-0.05, 0) is 6.07 Å². The summed E-state index contributed by atoms with van der Waals surface area (Å²) in [5, 5.41) is 4.00. The van der Waals surface area contributed by atoms with Crippen molar-refractivity contribution in [3.8, 4) is 0 Å². The first kappa shape index (κ1) is 9.97. The van der Waals surface area contributed by atoms with E-state index >= 15 is 0 Å². The Morgan fingerprint density at radius 3 is 3.07 bits per heavy atom. The van der Waals surface area contributed by atoms with Crippen molar-refractivity contribution in [2.45, 2.75) is 10.6 Å². The average molecular weight is 221 g/mol. The first-order valence-corrected chi connectivity index (χ1v) is 5.41. The van der Waals surface area contributed by atoms with Gasteiger partial charge in [0.2, 0.25) is 0 Å². The minimum absolute atomic E-state index is 0.699. The van der Waals surface area contributed by atoms with Gasteiger partial charge < -0.3 is 5.73 Å². The first-order chi connectivity index (χ1) is 7.27. The smallest absolute Gasteiger partial charge is 0.138 e. The summed E-state index contributed by atoms with van der Waals surface area (Å²) in [7, 11) is 1.87. The van der Waals surface area contributed by atoms with Crippen LogP contribution in [0.3, 0.4) is 0 Å². The number of nitrogens with two attached hydrogens (primary N) is 1. The number of hydrogen-bond acceptors (Lipinski definition) is 5. The molecule has 15 heavy (non-hydrogen) atoms. The molecule has 0 radical (unpaired) electrons. The predicted octanol–water partition coefficient (Wildman–Crippen LogP) is 1.08. The summed E-state index contributed by atoms with van der Waals surface area (Å²) in [6.07, 6.45) is 4.93. The molecule has 2 heterocycles. The van der Waals surface area contributed by atoms with Crippen molar-refractivity contribution in [3.05, 3.63) is 30.6 Å². The highest BCUT2D eigenvalue weighted by molar-refractivity contribution is 7.98. The van der Waals surface area contributed by atoms with Crippen molar-refractivity contribution >= 4 is 17.4 Å². The summed E-state index contributed by atoms with van der Waals surface area (Å²) < 4.78 is 1.75. The monoisotopic (exact) mass is 221 g/mol. The molecule has 0 saturated carbocycles. The molecule has 0 aliphatic heterocycles. The van der Waals surface area contributed by atoms with Gasteiger partial charge >= 0.3 is 0 Å². The largest absolute Gasteiger partial charge is 0.397 e. The van der Waals surface area contributed by atoms with E-state index in [4.69, 9.17) is 5.73 Å². The highest BCUT2D eigenvalue weighted by atomic mass is 32.2. The zero-order chi connectivity index (χ0) is 10.7. The van der Waals surface area contributed by atoms with Crippen LogP contribution in [-0.2, 0) is 12.8 Å². The van der Waals surface area contributed by atoms with Gasteiger partial charge in [-0.2, -0.15) is 5.10 Å². The number of hydrogen-bond donors (Lipinski definition) is 1. The van der Waals surface area contributed by atoms with E-state index in [2.05, 4.69) is 15.1 Å². The first-order valence-electron chi connectivity index (χ1n) is 4.42. The standard InChI is InChI=1S/C9H11N5S/c1-14-9(12-6-13-14)5-15-8-2-3-11-4-7(8)10/h2-4,6H,5,10H2,1H3. The van der Waals surface area contributed by atoms with Gasteiger partial charge in [-0.3, -0.25) is 9.67 Å². The number of aryl methyl sites for hydroxylation is 1. The molecule has 2 rings (SSSR count). The average Bonchev–Trinajstić information content (AvgIpc) is 2.63. The van der Waals surface area contributed by atoms with Crippen molar-refractivity contribution < 1.29 is 0 Å². The van der Waals surface area contributed by atoms with E-state index in [-0.39, 0.29) is 0 Å². The van der Waals surface area contributed by atoms with Gasteiger partial charge in [-0.15, -0.1) is 11.8 Å². The summed E-state index contributed by atoms with van der Waals surface area (Å²) >= 11 is 1.63. The van der Waals surface area contributed by atoms with Crippen LogP contribution in [0.25, 0.3) is 0 Å². The molecule has 6 heteroatoms. The maximum atomic E-state index is 5.77. The summed E-state index contributed by atoms with van der Waals surface area (Å²) in [6, 6.07) is 1.90. The summed E-state index contributed by atoms with van der Waals surface area (Å²) in [5.74, 6) is 1.68. The van der Waals surface area contributed by atoms with E-state index in [0.29, 0.717) is 5.69 Å². The van der Waals surface area contributed by atoms with Crippen molar-refractivity contribution in [2.24, 2.45) is 7.05 Å². The summed E-state index contributed by atoms with van der Waals surface area (Å²) in [6.45, 7) is 0. The fourth-order valence-electron chi connectivity index (χ4n) is 1.12. The van der Waals surface area contributed by atoms with Crippen molar-refractivity contribution in [3.63, 3.8) is 0 Å². The second-order valence-corrected chi connectivity index (χ2v) is 4.02. The number of aromatic nitrogens is 4. The molecule has 5 nitrogen and oxygen atoms in total. The zero-order valence-corrected chi connectivity index (χ0v) is 9.11. The van der Waals surface area contributed by atoms with E-state index in [1.54, 1.807) is 35.2 Å². The van der Waals surface area contributed by atoms with Gasteiger partial charge in [-0.25, -0.2) is 4.98 Å². The minimum atomic E-state index is 0.699. The molecular weight excluding hydrogens is 210 g/mol. The molecule has 0 aliphatic carbocycles. The topological polar surface area (TPSA) is 69.6 Å². The number of rotatable bonds is 3. The number of pyridine rings is 1. The Labute approximate surface area is 91.7 Å². The molecule has 2 aromatic heterocycles. The van der Waals surface area contributed by atoms with Gasteiger partial charge in [0, 0.05) is 18.1 Å². The van der Waals surface area contributed by atoms with Crippen LogP contribution < -0.4 is 5.73 Å². The van der Waals surface area contributed by atoms with E-state index in [9.17, 15) is 0 Å². The SMILES string of the molecule is Cn1ncnc1CSc1ccncc1N. The summed E-state index contributed by atoms with van der Waals surface area (Å²) in [4.78, 5) is 9.09. The highest BCUT2D eigenvalue weighted by Crippen LogP contribution is 2.25. The third kappa shape index (κ3) is 2.27. The Morgan fingerprint density at radius 1 is 1.53 bits per heavy atom. The molecule has 0 bridgehead atoms. The second-order valence-electron chi connectivity index (χ2n) is 3.00. The van der Waals surface area contributed by atoms with Crippen LogP contribution in [0.2, 0.25) is 0 Å². The molecule has 0 atom stereocenters. The third-order valence-electron chi connectivity index (χ3n) is 1.97. The molecule has 78 valence electrons. The highest BCUT2D eigenvalue weighted by Gasteiger charge is 2.03. The number of thioether (sulfide) groups is 1. The Balaban J connectivity index is 2.06. The minimum Gasteiger partial charge on any atom is -0.397 e. The molecule has 0 saturated heterocycles. The molecule has 0 amide bonds. The Morgan fingerprint density at radius 2 is 2.40 bits per heavy atom. The molecule has 2 N–H and O–H groups in total. The molecular formula is C9H11N5S. The van der Waals surface area contributed by atoms with E-state index in [1.165, 1.54) is 0 Å². The van der Waals surface area contributed by atoms with Gasteiger partial charge in [-0.1, -0.05) is 0 Å². The van der Waals surface area contributed by atoms with Crippen LogP contribution in [0.5, 0.6) is 0 Å². The van der Waals surface area contributed by atoms with Crippen LogP contribution >= 0.6 is 11.8 Å². The van der Waals surface area contributed by atoms with Crippen molar-refractivity contribution in [1.29, 1.82) is 0 Å². The van der Waals surface area contributed by atoms with E-state index in [1.807, 2.05) is 13.1 Å². The normalized spacial score (nSPS) is 10.5. The fraction of sp³-hybridized carbons (Fsp3) is 0.222. The molecule has 0 aliphatic rings. The molecule has 2 aromatic rings. The van der Waals surface area contributed by atoms with Gasteiger partial charge in [0.15, 0.2) is 0 Å². The van der Waals surface area contributed by atoms with Crippen molar-refractivity contribution in [1.82, 2.24) is 19.7 Å². The van der Waals surface area contributed by atoms with Crippen LogP contribution in [0.4, 0.5) is 5.69 Å². The maximum Gasteiger partial charge on any atom is 0.138 e. The molecule has 0 unspecified atom stereocenters. The van der Waals surface area contributed by atoms with E-state index in [0.717, 1.165) is 16.5 Å². The Bertz CT molecular complexity index is 453. The number of nitrogens with zero attached hydrogens (tertiary/aromatic N) is 4. The number of nitrogen functional groups attached to an aromatic ring is 1. The summed E-state index contributed by atoms with van der Waals surface area (Å²) in [5.41, 5.74) is 6.47. The lowest BCUT2D eigenvalue weighted by atomic mass is 10.4.